The number of fused-ring (bicyclic) bond motifs is 1. The van der Waals surface area contributed by atoms with E-state index in [0.717, 1.165) is 0 Å². The minimum Gasteiger partial charge on any atom is -0.168 e. The first-order chi connectivity index (χ1) is 4.97. The van der Waals surface area contributed by atoms with Gasteiger partial charge in [0.2, 0.25) is 0 Å². The molecule has 0 aromatic carbocycles. The summed E-state index contributed by atoms with van der Waals surface area (Å²) in [5, 5.41) is 0. The van der Waals surface area contributed by atoms with Crippen molar-refractivity contribution in [2.75, 3.05) is 0 Å². The summed E-state index contributed by atoms with van der Waals surface area (Å²) >= 11 is 0. The second-order valence-electron chi connectivity index (χ2n) is 2.26. The highest BCUT2D eigenvalue weighted by atomic mass is 14.0. The van der Waals surface area contributed by atoms with Gasteiger partial charge >= 0.3 is 0 Å². The normalized spacial score (nSPS) is 10.0. The van der Waals surface area contributed by atoms with Crippen LogP contribution in [0.15, 0.2) is 42.5 Å². The molecule has 0 atom stereocenters. The molecule has 2 aliphatic rings. The van der Waals surface area contributed by atoms with Crippen molar-refractivity contribution in [3.05, 3.63) is 48.5 Å². The molecule has 0 bridgehead atoms. The summed E-state index contributed by atoms with van der Waals surface area (Å²) in [6.07, 6.45) is 0. The van der Waals surface area contributed by atoms with E-state index < -0.39 is 0 Å². The second-order valence-corrected chi connectivity index (χ2v) is 2.26. The zero-order valence-electron chi connectivity index (χ0n) is 5.54. The molecular formula is C10H7-. The van der Waals surface area contributed by atoms with Crippen LogP contribution in [-0.4, -0.2) is 0 Å². The minimum atomic E-state index is 1.19. The van der Waals surface area contributed by atoms with Gasteiger partial charge in [-0.25, -0.2) is 0 Å². The van der Waals surface area contributed by atoms with Crippen molar-refractivity contribution < 1.29 is 0 Å². The molecule has 0 fully saturated rings. The van der Waals surface area contributed by atoms with E-state index in [-0.39, 0.29) is 0 Å². The van der Waals surface area contributed by atoms with Gasteiger partial charge in [-0.05, 0) is 0 Å². The van der Waals surface area contributed by atoms with Crippen LogP contribution < -0.4 is 0 Å². The van der Waals surface area contributed by atoms with E-state index in [0.29, 0.717) is 0 Å². The zero-order valence-corrected chi connectivity index (χ0v) is 5.54. The summed E-state index contributed by atoms with van der Waals surface area (Å²) in [7, 11) is 0. The van der Waals surface area contributed by atoms with Gasteiger partial charge in [0.05, 0.1) is 0 Å². The van der Waals surface area contributed by atoms with Gasteiger partial charge < -0.3 is 0 Å². The number of hydrogen-bond acceptors (Lipinski definition) is 0. The predicted molar refractivity (Wildman–Crippen MR) is 41.9 cm³/mol. The minimum absolute atomic E-state index is 1.19. The lowest BCUT2D eigenvalue weighted by Crippen LogP contribution is -1.60. The first-order valence-corrected chi connectivity index (χ1v) is 3.32. The number of rotatable bonds is 0. The Bertz CT molecular complexity index is 271. The van der Waals surface area contributed by atoms with Crippen LogP contribution in [0.4, 0.5) is 0 Å². The maximum absolute atomic E-state index is 3.14. The van der Waals surface area contributed by atoms with E-state index in [2.05, 4.69) is 24.3 Å². The Hall–Kier alpha value is -1.30. The topological polar surface area (TPSA) is 0 Å². The Morgan fingerprint density at radius 3 is 2.80 bits per heavy atom. The molecule has 0 nitrogen and oxygen atoms in total. The van der Waals surface area contributed by atoms with E-state index in [1.165, 1.54) is 11.1 Å². The molecule has 0 unspecified atom stereocenters. The van der Waals surface area contributed by atoms with Crippen molar-refractivity contribution in [2.24, 2.45) is 0 Å². The molecule has 0 radical (unpaired) electrons. The fraction of sp³-hybridized carbons (Fsp3) is 0. The summed E-state index contributed by atoms with van der Waals surface area (Å²) in [6.45, 7) is 0. The summed E-state index contributed by atoms with van der Waals surface area (Å²) in [6, 6.07) is 17.4. The molecule has 0 heterocycles. The summed E-state index contributed by atoms with van der Waals surface area (Å²) in [5.74, 6) is 0. The third-order valence-corrected chi connectivity index (χ3v) is 1.57. The van der Waals surface area contributed by atoms with Gasteiger partial charge in [0, 0.05) is 0 Å². The van der Waals surface area contributed by atoms with Crippen molar-refractivity contribution in [1.29, 1.82) is 0 Å². The lowest BCUT2D eigenvalue weighted by molar-refractivity contribution is 1.83. The average molecular weight is 127 g/mol. The molecular weight excluding hydrogens is 120 g/mol. The highest BCUT2D eigenvalue weighted by molar-refractivity contribution is 5.64. The predicted octanol–water partition coefficient (Wildman–Crippen LogP) is 2.59. The van der Waals surface area contributed by atoms with Crippen molar-refractivity contribution in [3.63, 3.8) is 0 Å². The average Bonchev–Trinajstić information content (AvgIpc) is 2.28. The molecule has 2 aliphatic carbocycles. The molecule has 0 saturated heterocycles. The van der Waals surface area contributed by atoms with Crippen molar-refractivity contribution in [2.45, 2.75) is 0 Å². The van der Waals surface area contributed by atoms with Crippen LogP contribution in [0.3, 0.4) is 0 Å². The Balaban J connectivity index is 2.74. The molecule has 48 valence electrons. The monoisotopic (exact) mass is 127 g/mol. The lowest BCUT2D eigenvalue weighted by atomic mass is 10.2. The van der Waals surface area contributed by atoms with E-state index in [9.17, 15) is 0 Å². The van der Waals surface area contributed by atoms with Crippen LogP contribution in [0.5, 0.6) is 0 Å². The SMILES string of the molecule is [c-]1ccc2cccccc1-2. The van der Waals surface area contributed by atoms with Gasteiger partial charge in [-0.15, -0.1) is 29.8 Å². The van der Waals surface area contributed by atoms with Crippen LogP contribution >= 0.6 is 0 Å². The molecule has 0 N–H and O–H groups in total. The molecule has 0 saturated carbocycles. The molecule has 10 heavy (non-hydrogen) atoms. The Labute approximate surface area is 60.5 Å². The molecule has 2 rings (SSSR count). The van der Waals surface area contributed by atoms with E-state index in [4.69, 9.17) is 0 Å². The highest BCUT2D eigenvalue weighted by Crippen LogP contribution is 2.19. The van der Waals surface area contributed by atoms with Crippen LogP contribution in [0.1, 0.15) is 0 Å². The van der Waals surface area contributed by atoms with Gasteiger partial charge in [-0.1, -0.05) is 12.1 Å². The highest BCUT2D eigenvalue weighted by Gasteiger charge is 1.84. The zero-order chi connectivity index (χ0) is 6.81. The summed E-state index contributed by atoms with van der Waals surface area (Å²) in [4.78, 5) is 0. The molecule has 0 aromatic heterocycles. The standard InChI is InChI=1S/C10H7/c1-2-5-9-7-4-8-10(9)6-3-1/h1-7H/q-1. The lowest BCUT2D eigenvalue weighted by Gasteiger charge is -1.96. The van der Waals surface area contributed by atoms with Gasteiger partial charge in [0.25, 0.3) is 0 Å². The first kappa shape index (κ1) is 5.48. The fourth-order valence-electron chi connectivity index (χ4n) is 1.06. The van der Waals surface area contributed by atoms with E-state index in [1.54, 1.807) is 0 Å². The third kappa shape index (κ3) is 0.781. The Kier molecular flexibility index (Phi) is 1.17. The molecule has 0 spiro atoms. The third-order valence-electron chi connectivity index (χ3n) is 1.57. The first-order valence-electron chi connectivity index (χ1n) is 3.32. The molecule has 0 amide bonds. The smallest absolute Gasteiger partial charge is 0.0723 e. The van der Waals surface area contributed by atoms with Crippen molar-refractivity contribution in [1.82, 2.24) is 0 Å². The quantitative estimate of drug-likeness (QED) is 0.477. The van der Waals surface area contributed by atoms with Gasteiger partial charge in [0.15, 0.2) is 0 Å². The second kappa shape index (κ2) is 2.14. The van der Waals surface area contributed by atoms with Crippen LogP contribution in [0.2, 0.25) is 0 Å². The van der Waals surface area contributed by atoms with Gasteiger partial charge in [-0.2, -0.15) is 17.7 Å². The Morgan fingerprint density at radius 2 is 1.80 bits per heavy atom. The van der Waals surface area contributed by atoms with Crippen LogP contribution in [0.25, 0.3) is 11.1 Å². The maximum atomic E-state index is 3.14. The van der Waals surface area contributed by atoms with Crippen LogP contribution in [-0.2, 0) is 0 Å². The van der Waals surface area contributed by atoms with E-state index in [1.807, 2.05) is 24.3 Å². The maximum Gasteiger partial charge on any atom is -0.0723 e. The van der Waals surface area contributed by atoms with Crippen molar-refractivity contribution >= 4 is 0 Å². The molecule has 0 heteroatoms. The summed E-state index contributed by atoms with van der Waals surface area (Å²) < 4.78 is 0. The molecule has 0 aromatic rings. The van der Waals surface area contributed by atoms with Gasteiger partial charge in [-0.3, -0.25) is 0 Å². The van der Waals surface area contributed by atoms with Crippen molar-refractivity contribution in [3.8, 4) is 11.1 Å². The summed E-state index contributed by atoms with van der Waals surface area (Å²) in [5.41, 5.74) is 2.44. The fourth-order valence-corrected chi connectivity index (χ4v) is 1.06. The van der Waals surface area contributed by atoms with Gasteiger partial charge in [0.1, 0.15) is 0 Å². The van der Waals surface area contributed by atoms with Crippen LogP contribution in [0, 0.1) is 6.07 Å². The number of hydrogen-bond donors (Lipinski definition) is 0. The largest absolute Gasteiger partial charge is 0.168 e. The Morgan fingerprint density at radius 1 is 0.900 bits per heavy atom. The van der Waals surface area contributed by atoms with E-state index >= 15 is 0 Å². The molecule has 0 aliphatic heterocycles.